The van der Waals surface area contributed by atoms with E-state index in [0.29, 0.717) is 43.4 Å². The molecular formula is C23H31N3O5S2. The first-order valence-corrected chi connectivity index (χ1v) is 13.6. The largest absolute Gasteiger partial charge is 0.497 e. The summed E-state index contributed by atoms with van der Waals surface area (Å²) in [6.45, 7) is 4.05. The molecule has 0 radical (unpaired) electrons. The molecular weight excluding hydrogens is 462 g/mol. The van der Waals surface area contributed by atoms with E-state index >= 15 is 0 Å². The average molecular weight is 494 g/mol. The van der Waals surface area contributed by atoms with Crippen molar-refractivity contribution in [3.05, 3.63) is 47.3 Å². The third-order valence-electron chi connectivity index (χ3n) is 6.30. The highest BCUT2D eigenvalue weighted by atomic mass is 32.2. The first kappa shape index (κ1) is 24.2. The smallest absolute Gasteiger partial charge is 0.252 e. The minimum Gasteiger partial charge on any atom is -0.497 e. The predicted octanol–water partition coefficient (Wildman–Crippen LogP) is 2.35. The molecule has 1 aromatic carbocycles. The van der Waals surface area contributed by atoms with Crippen LogP contribution in [0, 0.1) is 5.92 Å². The summed E-state index contributed by atoms with van der Waals surface area (Å²) in [5.41, 5.74) is 1.10. The second-order valence-corrected chi connectivity index (χ2v) is 11.4. The number of thiophene rings is 1. The zero-order chi connectivity index (χ0) is 23.3. The minimum atomic E-state index is -3.55. The van der Waals surface area contributed by atoms with Gasteiger partial charge < -0.3 is 14.8 Å². The van der Waals surface area contributed by atoms with E-state index in [4.69, 9.17) is 9.47 Å². The van der Waals surface area contributed by atoms with E-state index in [1.807, 2.05) is 24.3 Å². The summed E-state index contributed by atoms with van der Waals surface area (Å²) < 4.78 is 38.4. The lowest BCUT2D eigenvalue weighted by molar-refractivity contribution is -0.126. The number of carbonyl (C=O) groups excluding carboxylic acids is 1. The molecule has 33 heavy (non-hydrogen) atoms. The van der Waals surface area contributed by atoms with Crippen LogP contribution >= 0.6 is 11.3 Å². The Labute approximate surface area is 199 Å². The Balaban J connectivity index is 1.42. The molecule has 2 saturated heterocycles. The van der Waals surface area contributed by atoms with Crippen molar-refractivity contribution in [2.45, 2.75) is 23.1 Å². The maximum Gasteiger partial charge on any atom is 0.252 e. The third-order valence-corrected chi connectivity index (χ3v) is 9.54. The Bertz CT molecular complexity index is 1010. The fourth-order valence-corrected chi connectivity index (χ4v) is 7.10. The molecule has 2 aliphatic rings. The number of amides is 1. The van der Waals surface area contributed by atoms with Crippen molar-refractivity contribution in [2.75, 3.05) is 53.0 Å². The van der Waals surface area contributed by atoms with Crippen LogP contribution in [-0.2, 0) is 19.6 Å². The van der Waals surface area contributed by atoms with Gasteiger partial charge in [-0.15, -0.1) is 11.3 Å². The van der Waals surface area contributed by atoms with Gasteiger partial charge in [-0.3, -0.25) is 9.69 Å². The summed E-state index contributed by atoms with van der Waals surface area (Å²) in [4.78, 5) is 15.4. The monoisotopic (exact) mass is 493 g/mol. The molecule has 2 atom stereocenters. The van der Waals surface area contributed by atoms with Crippen molar-refractivity contribution < 1.29 is 22.7 Å². The van der Waals surface area contributed by atoms with Gasteiger partial charge in [-0.2, -0.15) is 4.31 Å². The lowest BCUT2D eigenvalue weighted by Crippen LogP contribution is -2.48. The maximum absolute atomic E-state index is 13.1. The van der Waals surface area contributed by atoms with Gasteiger partial charge in [0, 0.05) is 32.7 Å². The number of ether oxygens (including phenoxy) is 2. The highest BCUT2D eigenvalue weighted by Gasteiger charge is 2.34. The number of piperidine rings is 1. The van der Waals surface area contributed by atoms with Gasteiger partial charge in [-0.25, -0.2) is 8.42 Å². The van der Waals surface area contributed by atoms with Crippen molar-refractivity contribution >= 4 is 27.3 Å². The molecule has 1 amide bonds. The summed E-state index contributed by atoms with van der Waals surface area (Å²) in [5, 5.41) is 4.87. The van der Waals surface area contributed by atoms with Crippen LogP contribution in [0.15, 0.2) is 46.0 Å². The van der Waals surface area contributed by atoms with Crippen LogP contribution in [0.1, 0.15) is 24.4 Å². The number of morpholine rings is 1. The van der Waals surface area contributed by atoms with E-state index < -0.39 is 10.0 Å². The van der Waals surface area contributed by atoms with Gasteiger partial charge in [0.25, 0.3) is 10.0 Å². The van der Waals surface area contributed by atoms with Gasteiger partial charge in [0.15, 0.2) is 0 Å². The fraction of sp³-hybridized carbons (Fsp3) is 0.522. The lowest BCUT2D eigenvalue weighted by atomic mass is 9.98. The van der Waals surface area contributed by atoms with Crippen LogP contribution in [-0.4, -0.2) is 76.6 Å². The number of nitrogens with one attached hydrogen (secondary N) is 1. The summed E-state index contributed by atoms with van der Waals surface area (Å²) in [6.07, 6.45) is 1.36. The Kier molecular flexibility index (Phi) is 8.02. The predicted molar refractivity (Wildman–Crippen MR) is 127 cm³/mol. The molecule has 4 rings (SSSR count). The summed E-state index contributed by atoms with van der Waals surface area (Å²) in [6, 6.07) is 11.3. The number of hydrogen-bond donors (Lipinski definition) is 1. The number of benzene rings is 1. The first-order chi connectivity index (χ1) is 16.0. The van der Waals surface area contributed by atoms with Gasteiger partial charge in [0.2, 0.25) is 5.91 Å². The molecule has 180 valence electrons. The zero-order valence-electron chi connectivity index (χ0n) is 18.8. The van der Waals surface area contributed by atoms with Crippen LogP contribution in [0.3, 0.4) is 0 Å². The fourth-order valence-electron chi connectivity index (χ4n) is 4.43. The molecule has 0 unspecified atom stereocenters. The van der Waals surface area contributed by atoms with Crippen molar-refractivity contribution in [3.63, 3.8) is 0 Å². The van der Waals surface area contributed by atoms with Crippen molar-refractivity contribution in [1.82, 2.24) is 14.5 Å². The van der Waals surface area contributed by atoms with Crippen LogP contribution in [0.4, 0.5) is 0 Å². The number of carbonyl (C=O) groups is 1. The Morgan fingerprint density at radius 2 is 1.97 bits per heavy atom. The summed E-state index contributed by atoms with van der Waals surface area (Å²) in [7, 11) is -1.91. The van der Waals surface area contributed by atoms with Crippen molar-refractivity contribution in [2.24, 2.45) is 5.92 Å². The highest BCUT2D eigenvalue weighted by Crippen LogP contribution is 2.27. The molecule has 10 heteroatoms. The molecule has 0 aliphatic carbocycles. The maximum atomic E-state index is 13.1. The number of nitrogens with zero attached hydrogens (tertiary/aromatic N) is 2. The standard InChI is InChI=1S/C23H31N3O5S2/c1-30-20-8-6-18(7-9-20)21(25-11-13-31-14-12-25)16-24-23(27)19-4-2-10-26(17-19)33(28,29)22-5-3-15-32-22/h3,5-9,15,19,21H,2,4,10-14,16-17H2,1H3,(H,24,27)/t19-,21+/m1/s1. The summed E-state index contributed by atoms with van der Waals surface area (Å²) >= 11 is 1.21. The molecule has 0 saturated carbocycles. The highest BCUT2D eigenvalue weighted by molar-refractivity contribution is 7.91. The topological polar surface area (TPSA) is 88.2 Å². The van der Waals surface area contributed by atoms with Gasteiger partial charge in [0.1, 0.15) is 9.96 Å². The SMILES string of the molecule is COc1ccc([C@H](CNC(=O)[C@@H]2CCCN(S(=O)(=O)c3cccs3)C2)N2CCOCC2)cc1. The number of methoxy groups -OCH3 is 1. The normalized spacial score (nSPS) is 21.4. The molecule has 1 N–H and O–H groups in total. The van der Waals surface area contributed by atoms with Gasteiger partial charge in [-0.1, -0.05) is 18.2 Å². The molecule has 3 heterocycles. The van der Waals surface area contributed by atoms with Crippen LogP contribution < -0.4 is 10.1 Å². The molecule has 2 fully saturated rings. The quantitative estimate of drug-likeness (QED) is 0.607. The zero-order valence-corrected chi connectivity index (χ0v) is 20.4. The Morgan fingerprint density at radius 1 is 1.21 bits per heavy atom. The Hall–Kier alpha value is -1.98. The Morgan fingerprint density at radius 3 is 2.64 bits per heavy atom. The molecule has 8 nitrogen and oxygen atoms in total. The third kappa shape index (κ3) is 5.75. The average Bonchev–Trinajstić information content (AvgIpc) is 3.41. The van der Waals surface area contributed by atoms with E-state index in [1.54, 1.807) is 24.6 Å². The van der Waals surface area contributed by atoms with Crippen molar-refractivity contribution in [3.8, 4) is 5.75 Å². The van der Waals surface area contributed by atoms with Gasteiger partial charge >= 0.3 is 0 Å². The second kappa shape index (κ2) is 11.0. The van der Waals surface area contributed by atoms with Crippen LogP contribution in [0.25, 0.3) is 0 Å². The number of hydrogen-bond acceptors (Lipinski definition) is 7. The summed E-state index contributed by atoms with van der Waals surface area (Å²) in [5.74, 6) is 0.348. The van der Waals surface area contributed by atoms with Crippen LogP contribution in [0.2, 0.25) is 0 Å². The molecule has 2 aromatic rings. The molecule has 0 spiro atoms. The van der Waals surface area contributed by atoms with Gasteiger partial charge in [0.05, 0.1) is 32.3 Å². The van der Waals surface area contributed by atoms with E-state index in [9.17, 15) is 13.2 Å². The number of rotatable bonds is 8. The first-order valence-electron chi connectivity index (χ1n) is 11.3. The van der Waals surface area contributed by atoms with Crippen LogP contribution in [0.5, 0.6) is 5.75 Å². The van der Waals surface area contributed by atoms with E-state index in [0.717, 1.165) is 24.4 Å². The molecule has 2 aliphatic heterocycles. The van der Waals surface area contributed by atoms with E-state index in [-0.39, 0.29) is 24.4 Å². The van der Waals surface area contributed by atoms with E-state index in [1.165, 1.54) is 15.6 Å². The van der Waals surface area contributed by atoms with E-state index in [2.05, 4.69) is 10.2 Å². The molecule has 0 bridgehead atoms. The van der Waals surface area contributed by atoms with Gasteiger partial charge in [-0.05, 0) is 42.0 Å². The number of sulfonamides is 1. The second-order valence-electron chi connectivity index (χ2n) is 8.32. The minimum absolute atomic E-state index is 0.0123. The lowest BCUT2D eigenvalue weighted by Gasteiger charge is -2.36. The molecule has 1 aromatic heterocycles. The van der Waals surface area contributed by atoms with Crippen molar-refractivity contribution in [1.29, 1.82) is 0 Å².